The normalized spacial score (nSPS) is 23.6. The lowest BCUT2D eigenvalue weighted by atomic mass is 10.1. The van der Waals surface area contributed by atoms with Crippen molar-refractivity contribution in [1.82, 2.24) is 5.59 Å². The van der Waals surface area contributed by atoms with E-state index in [1.54, 1.807) is 0 Å². The van der Waals surface area contributed by atoms with Crippen molar-refractivity contribution in [3.8, 4) is 0 Å². The third-order valence-electron chi connectivity index (χ3n) is 2.38. The molecule has 1 saturated heterocycles. The van der Waals surface area contributed by atoms with Gasteiger partial charge in [0.25, 0.3) is 0 Å². The van der Waals surface area contributed by atoms with Crippen LogP contribution in [0.4, 0.5) is 0 Å². The predicted octanol–water partition coefficient (Wildman–Crippen LogP) is 0.354. The average Bonchev–Trinajstić information content (AvgIpc) is 2.86. The van der Waals surface area contributed by atoms with Crippen LogP contribution in [-0.4, -0.2) is 31.0 Å². The van der Waals surface area contributed by atoms with Crippen molar-refractivity contribution < 1.29 is 14.3 Å². The molecule has 2 unspecified atom stereocenters. The summed E-state index contributed by atoms with van der Waals surface area (Å²) in [7, 11) is 0. The second-order valence-electron chi connectivity index (χ2n) is 4.11. The van der Waals surface area contributed by atoms with Crippen molar-refractivity contribution in [3.05, 3.63) is 0 Å². The Bertz CT molecular complexity index is 171. The average molecular weight is 204 g/mol. The highest BCUT2D eigenvalue weighted by Crippen LogP contribution is 2.27. The Balaban J connectivity index is 2.07. The molecule has 1 aliphatic heterocycles. The van der Waals surface area contributed by atoms with Crippen LogP contribution in [0.3, 0.4) is 0 Å². The van der Waals surface area contributed by atoms with Crippen molar-refractivity contribution in [1.29, 1.82) is 0 Å². The van der Waals surface area contributed by atoms with Crippen LogP contribution in [0.25, 0.3) is 0 Å². The van der Waals surface area contributed by atoms with Gasteiger partial charge in [-0.15, -0.1) is 5.59 Å². The zero-order chi connectivity index (χ0) is 10.6. The van der Waals surface area contributed by atoms with Gasteiger partial charge < -0.3 is 9.47 Å². The van der Waals surface area contributed by atoms with Crippen LogP contribution in [0.1, 0.15) is 27.2 Å². The summed E-state index contributed by atoms with van der Waals surface area (Å²) in [5, 5.41) is 0. The summed E-state index contributed by atoms with van der Waals surface area (Å²) < 4.78 is 10.9. The highest BCUT2D eigenvalue weighted by Gasteiger charge is 2.40. The minimum atomic E-state index is -0.185. The molecule has 0 aliphatic carbocycles. The lowest BCUT2D eigenvalue weighted by Crippen LogP contribution is -2.33. The van der Waals surface area contributed by atoms with Crippen molar-refractivity contribution in [3.63, 3.8) is 0 Å². The number of nitrogens with one attached hydrogen (secondary N) is 1. The lowest BCUT2D eigenvalue weighted by molar-refractivity contribution is -0.0699. The van der Waals surface area contributed by atoms with Crippen molar-refractivity contribution >= 4 is 0 Å². The number of nitrogens with two attached hydrogens (primary N) is 1. The molecule has 2 atom stereocenters. The van der Waals surface area contributed by atoms with E-state index in [0.29, 0.717) is 6.61 Å². The molecule has 5 nitrogen and oxygen atoms in total. The van der Waals surface area contributed by atoms with Gasteiger partial charge >= 0.3 is 0 Å². The van der Waals surface area contributed by atoms with E-state index in [9.17, 15) is 0 Å². The maximum absolute atomic E-state index is 5.70. The van der Waals surface area contributed by atoms with E-state index in [2.05, 4.69) is 5.59 Å². The molecule has 1 fully saturated rings. The van der Waals surface area contributed by atoms with Crippen molar-refractivity contribution in [2.75, 3.05) is 13.2 Å². The standard InChI is InChI=1S/C9H20N2O3/c1-7(14-11-10)4-5-13-9(2,3)8-6-12-8/h7-8,11H,4-6,10H2,1-3H3. The van der Waals surface area contributed by atoms with E-state index >= 15 is 0 Å². The van der Waals surface area contributed by atoms with Crippen LogP contribution >= 0.6 is 0 Å². The Morgan fingerprint density at radius 1 is 1.64 bits per heavy atom. The SMILES string of the molecule is CC(CCOC(C)(C)C1CO1)ONN. The first-order valence-corrected chi connectivity index (χ1v) is 4.93. The van der Waals surface area contributed by atoms with Gasteiger partial charge in [0.05, 0.1) is 18.3 Å². The molecule has 1 heterocycles. The van der Waals surface area contributed by atoms with Gasteiger partial charge in [-0.3, -0.25) is 4.84 Å². The smallest absolute Gasteiger partial charge is 0.109 e. The summed E-state index contributed by atoms with van der Waals surface area (Å²) in [6.07, 6.45) is 1.11. The van der Waals surface area contributed by atoms with E-state index in [-0.39, 0.29) is 17.8 Å². The number of hydrazine groups is 1. The van der Waals surface area contributed by atoms with Gasteiger partial charge in [0, 0.05) is 6.61 Å². The molecule has 5 heteroatoms. The molecule has 0 bridgehead atoms. The highest BCUT2D eigenvalue weighted by molar-refractivity contribution is 4.88. The molecule has 14 heavy (non-hydrogen) atoms. The Morgan fingerprint density at radius 3 is 2.79 bits per heavy atom. The molecular weight excluding hydrogens is 184 g/mol. The van der Waals surface area contributed by atoms with Crippen LogP contribution in [0, 0.1) is 0 Å². The molecule has 0 aromatic carbocycles. The fourth-order valence-corrected chi connectivity index (χ4v) is 1.21. The van der Waals surface area contributed by atoms with Crippen LogP contribution < -0.4 is 11.4 Å². The molecule has 3 N–H and O–H groups in total. The van der Waals surface area contributed by atoms with Gasteiger partial charge in [0.1, 0.15) is 6.10 Å². The van der Waals surface area contributed by atoms with Gasteiger partial charge in [-0.1, -0.05) is 0 Å². The number of epoxide rings is 1. The minimum absolute atomic E-state index is 0.0518. The largest absolute Gasteiger partial charge is 0.373 e. The number of rotatable bonds is 7. The molecule has 1 rings (SSSR count). The van der Waals surface area contributed by atoms with E-state index in [1.807, 2.05) is 20.8 Å². The summed E-state index contributed by atoms with van der Waals surface area (Å²) in [5.74, 6) is 5.01. The van der Waals surface area contributed by atoms with E-state index in [1.165, 1.54) is 0 Å². The van der Waals surface area contributed by atoms with Gasteiger partial charge in [-0.2, -0.15) is 0 Å². The van der Waals surface area contributed by atoms with Gasteiger partial charge in [-0.25, -0.2) is 5.84 Å². The van der Waals surface area contributed by atoms with Crippen molar-refractivity contribution in [2.45, 2.75) is 45.0 Å². The molecule has 0 aromatic heterocycles. The monoisotopic (exact) mass is 204 g/mol. The van der Waals surface area contributed by atoms with Crippen LogP contribution in [-0.2, 0) is 14.3 Å². The first-order valence-electron chi connectivity index (χ1n) is 4.93. The summed E-state index contributed by atoms with van der Waals surface area (Å²) >= 11 is 0. The maximum Gasteiger partial charge on any atom is 0.109 e. The lowest BCUT2D eigenvalue weighted by Gasteiger charge is -2.23. The van der Waals surface area contributed by atoms with E-state index in [4.69, 9.17) is 20.2 Å². The first-order chi connectivity index (χ1) is 6.56. The predicted molar refractivity (Wildman–Crippen MR) is 52.3 cm³/mol. The Morgan fingerprint density at radius 2 is 2.29 bits per heavy atom. The molecule has 84 valence electrons. The fourth-order valence-electron chi connectivity index (χ4n) is 1.21. The second-order valence-corrected chi connectivity index (χ2v) is 4.11. The molecule has 1 aliphatic rings. The van der Waals surface area contributed by atoms with E-state index in [0.717, 1.165) is 13.0 Å². The molecule has 0 aromatic rings. The number of hydrogen-bond donors (Lipinski definition) is 2. The summed E-state index contributed by atoms with van der Waals surface area (Å²) in [6.45, 7) is 7.47. The molecule has 0 amide bonds. The fraction of sp³-hybridized carbons (Fsp3) is 1.00. The van der Waals surface area contributed by atoms with E-state index < -0.39 is 0 Å². The van der Waals surface area contributed by atoms with Crippen LogP contribution in [0.2, 0.25) is 0 Å². The number of hydrogen-bond acceptors (Lipinski definition) is 5. The van der Waals surface area contributed by atoms with Gasteiger partial charge in [0.2, 0.25) is 0 Å². The van der Waals surface area contributed by atoms with Crippen molar-refractivity contribution in [2.24, 2.45) is 5.84 Å². The topological polar surface area (TPSA) is 69.0 Å². The van der Waals surface area contributed by atoms with Gasteiger partial charge in [-0.05, 0) is 27.2 Å². The Hall–Kier alpha value is -0.200. The van der Waals surface area contributed by atoms with Gasteiger partial charge in [0.15, 0.2) is 0 Å². The second kappa shape index (κ2) is 5.04. The Kier molecular flexibility index (Phi) is 4.28. The van der Waals surface area contributed by atoms with Crippen LogP contribution in [0.5, 0.6) is 0 Å². The zero-order valence-electron chi connectivity index (χ0n) is 9.08. The third kappa shape index (κ3) is 3.89. The summed E-state index contributed by atoms with van der Waals surface area (Å²) in [6, 6.07) is 0. The third-order valence-corrected chi connectivity index (χ3v) is 2.38. The zero-order valence-corrected chi connectivity index (χ0v) is 9.08. The number of ether oxygens (including phenoxy) is 2. The molecule has 0 spiro atoms. The molecule has 0 saturated carbocycles. The molecular formula is C9H20N2O3. The minimum Gasteiger partial charge on any atom is -0.373 e. The summed E-state index contributed by atoms with van der Waals surface area (Å²) in [4.78, 5) is 4.95. The van der Waals surface area contributed by atoms with Crippen LogP contribution in [0.15, 0.2) is 0 Å². The first kappa shape index (κ1) is 11.9. The highest BCUT2D eigenvalue weighted by atomic mass is 16.7. The maximum atomic E-state index is 5.70. The Labute approximate surface area is 84.8 Å². The quantitative estimate of drug-likeness (QED) is 0.356. The molecule has 0 radical (unpaired) electrons. The summed E-state index contributed by atoms with van der Waals surface area (Å²) in [5.41, 5.74) is 1.99.